The van der Waals surface area contributed by atoms with Crippen LogP contribution in [0.15, 0.2) is 30.4 Å². The van der Waals surface area contributed by atoms with Crippen molar-refractivity contribution in [1.82, 2.24) is 0 Å². The van der Waals surface area contributed by atoms with Gasteiger partial charge in [0.2, 0.25) is 0 Å². The quantitative estimate of drug-likeness (QED) is 0.451. The SMILES string of the molecule is Cc1c(NC/C=C/CN)cccc1[N+](=O)[O-]. The number of nitrogens with one attached hydrogen (secondary N) is 1. The minimum Gasteiger partial charge on any atom is -0.381 e. The van der Waals surface area contributed by atoms with Crippen molar-refractivity contribution in [2.75, 3.05) is 18.4 Å². The van der Waals surface area contributed by atoms with E-state index in [2.05, 4.69) is 5.32 Å². The van der Waals surface area contributed by atoms with E-state index in [1.165, 1.54) is 6.07 Å². The minimum absolute atomic E-state index is 0.132. The smallest absolute Gasteiger partial charge is 0.274 e. The molecule has 5 heteroatoms. The number of hydrogen-bond acceptors (Lipinski definition) is 4. The zero-order chi connectivity index (χ0) is 12.0. The molecule has 0 saturated carbocycles. The minimum atomic E-state index is -0.379. The van der Waals surface area contributed by atoms with E-state index in [1.807, 2.05) is 18.2 Å². The fourth-order valence-corrected chi connectivity index (χ4v) is 1.36. The third-order valence-corrected chi connectivity index (χ3v) is 2.22. The summed E-state index contributed by atoms with van der Waals surface area (Å²) in [4.78, 5) is 10.3. The van der Waals surface area contributed by atoms with Gasteiger partial charge in [0, 0.05) is 30.4 Å². The van der Waals surface area contributed by atoms with Gasteiger partial charge in [-0.05, 0) is 13.0 Å². The number of rotatable bonds is 5. The molecule has 1 aromatic carbocycles. The number of anilines is 1. The van der Waals surface area contributed by atoms with Crippen molar-refractivity contribution in [3.63, 3.8) is 0 Å². The molecule has 1 rings (SSSR count). The molecule has 0 aliphatic carbocycles. The lowest BCUT2D eigenvalue weighted by Crippen LogP contribution is -2.03. The lowest BCUT2D eigenvalue weighted by atomic mass is 10.1. The van der Waals surface area contributed by atoms with Gasteiger partial charge in [-0.3, -0.25) is 10.1 Å². The molecule has 0 bridgehead atoms. The van der Waals surface area contributed by atoms with Gasteiger partial charge in [-0.1, -0.05) is 18.2 Å². The van der Waals surface area contributed by atoms with E-state index in [-0.39, 0.29) is 10.6 Å². The molecule has 0 aliphatic heterocycles. The summed E-state index contributed by atoms with van der Waals surface area (Å²) in [5.41, 5.74) is 6.85. The van der Waals surface area contributed by atoms with E-state index in [0.717, 1.165) is 5.69 Å². The maximum Gasteiger partial charge on any atom is 0.274 e. The lowest BCUT2D eigenvalue weighted by molar-refractivity contribution is -0.385. The molecule has 0 heterocycles. The molecule has 86 valence electrons. The summed E-state index contributed by atoms with van der Waals surface area (Å²) in [6.45, 7) is 2.84. The Hall–Kier alpha value is -1.88. The van der Waals surface area contributed by atoms with Crippen molar-refractivity contribution < 1.29 is 4.92 Å². The predicted molar refractivity (Wildman–Crippen MR) is 64.5 cm³/mol. The highest BCUT2D eigenvalue weighted by Gasteiger charge is 2.12. The fourth-order valence-electron chi connectivity index (χ4n) is 1.36. The van der Waals surface area contributed by atoms with Gasteiger partial charge in [-0.25, -0.2) is 0 Å². The molecule has 0 aliphatic rings. The second kappa shape index (κ2) is 5.87. The molecule has 1 aromatic rings. The van der Waals surface area contributed by atoms with E-state index >= 15 is 0 Å². The van der Waals surface area contributed by atoms with Gasteiger partial charge in [0.15, 0.2) is 0 Å². The van der Waals surface area contributed by atoms with Crippen LogP contribution < -0.4 is 11.1 Å². The highest BCUT2D eigenvalue weighted by molar-refractivity contribution is 5.59. The van der Waals surface area contributed by atoms with Gasteiger partial charge < -0.3 is 11.1 Å². The van der Waals surface area contributed by atoms with E-state index < -0.39 is 0 Å². The van der Waals surface area contributed by atoms with Crippen LogP contribution in [0.4, 0.5) is 11.4 Å². The Morgan fingerprint density at radius 1 is 1.50 bits per heavy atom. The van der Waals surface area contributed by atoms with Crippen molar-refractivity contribution in [2.24, 2.45) is 5.73 Å². The largest absolute Gasteiger partial charge is 0.381 e. The van der Waals surface area contributed by atoms with Gasteiger partial charge in [-0.15, -0.1) is 0 Å². The summed E-state index contributed by atoms with van der Waals surface area (Å²) in [7, 11) is 0. The van der Waals surface area contributed by atoms with Crippen LogP contribution in [0.3, 0.4) is 0 Å². The zero-order valence-corrected chi connectivity index (χ0v) is 9.14. The summed E-state index contributed by atoms with van der Waals surface area (Å²) in [5.74, 6) is 0. The van der Waals surface area contributed by atoms with Crippen LogP contribution in [0, 0.1) is 17.0 Å². The average Bonchev–Trinajstić information content (AvgIpc) is 2.26. The highest BCUT2D eigenvalue weighted by atomic mass is 16.6. The monoisotopic (exact) mass is 221 g/mol. The Kier molecular flexibility index (Phi) is 4.47. The molecule has 0 atom stereocenters. The first-order valence-electron chi connectivity index (χ1n) is 4.99. The highest BCUT2D eigenvalue weighted by Crippen LogP contribution is 2.24. The first-order chi connectivity index (χ1) is 7.66. The third-order valence-electron chi connectivity index (χ3n) is 2.22. The summed E-state index contributed by atoms with van der Waals surface area (Å²) >= 11 is 0. The molecule has 0 spiro atoms. The van der Waals surface area contributed by atoms with Crippen molar-refractivity contribution in [3.8, 4) is 0 Å². The van der Waals surface area contributed by atoms with Crippen LogP contribution >= 0.6 is 0 Å². The van der Waals surface area contributed by atoms with E-state index in [0.29, 0.717) is 18.7 Å². The number of nitro benzene ring substituents is 1. The molecule has 3 N–H and O–H groups in total. The normalized spacial score (nSPS) is 10.6. The van der Waals surface area contributed by atoms with Gasteiger partial charge in [0.1, 0.15) is 0 Å². The van der Waals surface area contributed by atoms with Gasteiger partial charge in [-0.2, -0.15) is 0 Å². The molecular weight excluding hydrogens is 206 g/mol. The second-order valence-electron chi connectivity index (χ2n) is 3.29. The number of nitrogens with zero attached hydrogens (tertiary/aromatic N) is 1. The van der Waals surface area contributed by atoms with E-state index in [4.69, 9.17) is 5.73 Å². The van der Waals surface area contributed by atoms with Gasteiger partial charge >= 0.3 is 0 Å². The maximum absolute atomic E-state index is 10.7. The summed E-state index contributed by atoms with van der Waals surface area (Å²) in [6, 6.07) is 4.98. The molecule has 0 unspecified atom stereocenters. The standard InChI is InChI=1S/C11H15N3O2/c1-9-10(13-8-3-2-7-12)5-4-6-11(9)14(15)16/h2-6,13H,7-8,12H2,1H3/b3-2+. The Morgan fingerprint density at radius 3 is 2.88 bits per heavy atom. The summed E-state index contributed by atoms with van der Waals surface area (Å²) in [6.07, 6.45) is 3.72. The zero-order valence-electron chi connectivity index (χ0n) is 9.14. The van der Waals surface area contributed by atoms with Crippen LogP contribution in [0.2, 0.25) is 0 Å². The second-order valence-corrected chi connectivity index (χ2v) is 3.29. The topological polar surface area (TPSA) is 81.2 Å². The first kappa shape index (κ1) is 12.2. The van der Waals surface area contributed by atoms with Crippen LogP contribution in [-0.4, -0.2) is 18.0 Å². The summed E-state index contributed by atoms with van der Waals surface area (Å²) in [5, 5.41) is 13.8. The number of nitrogens with two attached hydrogens (primary N) is 1. The van der Waals surface area contributed by atoms with Crippen LogP contribution in [0.1, 0.15) is 5.56 Å². The molecule has 0 radical (unpaired) electrons. The molecule has 0 aromatic heterocycles. The van der Waals surface area contributed by atoms with Crippen LogP contribution in [0.25, 0.3) is 0 Å². The van der Waals surface area contributed by atoms with Crippen LogP contribution in [0.5, 0.6) is 0 Å². The number of hydrogen-bond donors (Lipinski definition) is 2. The molecule has 16 heavy (non-hydrogen) atoms. The van der Waals surface area contributed by atoms with Gasteiger partial charge in [0.05, 0.1) is 4.92 Å². The predicted octanol–water partition coefficient (Wildman–Crippen LogP) is 1.83. The Balaban J connectivity index is 2.77. The molecule has 0 amide bonds. The Labute approximate surface area is 94.1 Å². The third kappa shape index (κ3) is 3.06. The molecule has 5 nitrogen and oxygen atoms in total. The van der Waals surface area contributed by atoms with Crippen molar-refractivity contribution in [2.45, 2.75) is 6.92 Å². The van der Waals surface area contributed by atoms with Crippen molar-refractivity contribution >= 4 is 11.4 Å². The first-order valence-corrected chi connectivity index (χ1v) is 4.99. The molecule has 0 saturated heterocycles. The van der Waals surface area contributed by atoms with E-state index in [1.54, 1.807) is 13.0 Å². The van der Waals surface area contributed by atoms with E-state index in [9.17, 15) is 10.1 Å². The Morgan fingerprint density at radius 2 is 2.25 bits per heavy atom. The average molecular weight is 221 g/mol. The maximum atomic E-state index is 10.7. The molecular formula is C11H15N3O2. The summed E-state index contributed by atoms with van der Waals surface area (Å²) < 4.78 is 0. The Bertz CT molecular complexity index is 402. The lowest BCUT2D eigenvalue weighted by Gasteiger charge is -2.07. The van der Waals surface area contributed by atoms with Crippen molar-refractivity contribution in [1.29, 1.82) is 0 Å². The number of benzene rings is 1. The fraction of sp³-hybridized carbons (Fsp3) is 0.273. The molecule has 0 fully saturated rings. The number of nitro groups is 1. The van der Waals surface area contributed by atoms with Crippen LogP contribution in [-0.2, 0) is 0 Å². The van der Waals surface area contributed by atoms with Gasteiger partial charge in [0.25, 0.3) is 5.69 Å². The van der Waals surface area contributed by atoms with Crippen molar-refractivity contribution in [3.05, 3.63) is 46.0 Å².